The topological polar surface area (TPSA) is 85.1 Å². The highest BCUT2D eigenvalue weighted by Gasteiger charge is 2.19. The zero-order valence-electron chi connectivity index (χ0n) is 10.7. The molecule has 0 atom stereocenters. The molecule has 0 bridgehead atoms. The normalized spacial score (nSPS) is 11.9. The predicted molar refractivity (Wildman–Crippen MR) is 77.3 cm³/mol. The monoisotopic (exact) mass is 323 g/mol. The summed E-state index contributed by atoms with van der Waals surface area (Å²) in [6.07, 6.45) is 0. The van der Waals surface area contributed by atoms with Crippen molar-refractivity contribution < 1.29 is 13.0 Å². The maximum atomic E-state index is 12.3. The number of aromatic nitrogens is 2. The first-order valence-electron chi connectivity index (χ1n) is 6.02. The Balaban J connectivity index is 1.89. The number of benzene rings is 2. The van der Waals surface area contributed by atoms with E-state index in [1.165, 1.54) is 6.07 Å². The van der Waals surface area contributed by atoms with Crippen LogP contribution in [0, 0.1) is 0 Å². The molecule has 0 aliphatic heterocycles. The van der Waals surface area contributed by atoms with E-state index in [-0.39, 0.29) is 17.0 Å². The lowest BCUT2D eigenvalue weighted by Gasteiger charge is -2.07. The molecule has 21 heavy (non-hydrogen) atoms. The Hall–Kier alpha value is -1.96. The number of fused-ring (bicyclic) bond motifs is 1. The van der Waals surface area contributed by atoms with Gasteiger partial charge in [-0.15, -0.1) is 0 Å². The van der Waals surface area contributed by atoms with Gasteiger partial charge < -0.3 is 0 Å². The Bertz CT molecular complexity index is 892. The molecular formula is C13H10ClN3O3S. The highest BCUT2D eigenvalue weighted by atomic mass is 35.5. The highest BCUT2D eigenvalue weighted by Crippen LogP contribution is 2.20. The average Bonchev–Trinajstić information content (AvgIpc) is 2.93. The van der Waals surface area contributed by atoms with Crippen LogP contribution in [0.25, 0.3) is 11.0 Å². The molecule has 6 nitrogen and oxygen atoms in total. The molecule has 0 spiro atoms. The minimum Gasteiger partial charge on any atom is -0.243 e. The van der Waals surface area contributed by atoms with Crippen molar-refractivity contribution in [1.29, 1.82) is 0 Å². The van der Waals surface area contributed by atoms with Crippen LogP contribution in [0.1, 0.15) is 5.56 Å². The van der Waals surface area contributed by atoms with Gasteiger partial charge >= 0.3 is 0 Å². The quantitative estimate of drug-likeness (QED) is 0.796. The summed E-state index contributed by atoms with van der Waals surface area (Å²) >= 11 is 5.87. The van der Waals surface area contributed by atoms with Gasteiger partial charge in [-0.05, 0) is 40.1 Å². The number of hydrogen-bond donors (Lipinski definition) is 1. The molecule has 0 aliphatic rings. The van der Waals surface area contributed by atoms with Gasteiger partial charge in [-0.25, -0.2) is 17.8 Å². The first-order valence-corrected chi connectivity index (χ1v) is 7.88. The number of nitrogens with zero attached hydrogens (tertiary/aromatic N) is 2. The molecule has 0 radical (unpaired) electrons. The lowest BCUT2D eigenvalue weighted by molar-refractivity contribution is 0.315. The Morgan fingerprint density at radius 3 is 2.76 bits per heavy atom. The highest BCUT2D eigenvalue weighted by molar-refractivity contribution is 7.89. The van der Waals surface area contributed by atoms with Crippen LogP contribution in [-0.4, -0.2) is 18.7 Å². The second-order valence-corrected chi connectivity index (χ2v) is 6.51. The van der Waals surface area contributed by atoms with Crippen LogP contribution in [0.5, 0.6) is 0 Å². The van der Waals surface area contributed by atoms with Crippen molar-refractivity contribution in [2.24, 2.45) is 0 Å². The first-order chi connectivity index (χ1) is 10.1. The molecule has 3 rings (SSSR count). The number of nitrogens with one attached hydrogen (secondary N) is 1. The van der Waals surface area contributed by atoms with E-state index in [9.17, 15) is 8.42 Å². The van der Waals surface area contributed by atoms with E-state index in [0.717, 1.165) is 5.56 Å². The molecule has 1 N–H and O–H groups in total. The lowest BCUT2D eigenvalue weighted by atomic mass is 10.2. The van der Waals surface area contributed by atoms with E-state index >= 15 is 0 Å². The third kappa shape index (κ3) is 2.90. The van der Waals surface area contributed by atoms with Crippen LogP contribution in [0.3, 0.4) is 0 Å². The molecular weight excluding hydrogens is 314 g/mol. The summed E-state index contributed by atoms with van der Waals surface area (Å²) in [6.45, 7) is 0.130. The molecule has 0 unspecified atom stereocenters. The van der Waals surface area contributed by atoms with E-state index in [2.05, 4.69) is 19.7 Å². The van der Waals surface area contributed by atoms with Crippen molar-refractivity contribution in [1.82, 2.24) is 15.0 Å². The molecule has 1 aromatic heterocycles. The smallest absolute Gasteiger partial charge is 0.243 e. The van der Waals surface area contributed by atoms with Gasteiger partial charge in [-0.2, -0.15) is 0 Å². The summed E-state index contributed by atoms with van der Waals surface area (Å²) in [5.41, 5.74) is 1.35. The summed E-state index contributed by atoms with van der Waals surface area (Å²) in [4.78, 5) is 0.0308. The van der Waals surface area contributed by atoms with Gasteiger partial charge in [0.25, 0.3) is 0 Å². The summed E-state index contributed by atoms with van der Waals surface area (Å²) in [5.74, 6) is 0. The average molecular weight is 324 g/mol. The fourth-order valence-electron chi connectivity index (χ4n) is 1.90. The van der Waals surface area contributed by atoms with Crippen LogP contribution < -0.4 is 4.72 Å². The molecule has 0 aliphatic carbocycles. The first kappa shape index (κ1) is 14.0. The number of hydrogen-bond acceptors (Lipinski definition) is 5. The van der Waals surface area contributed by atoms with Crippen molar-refractivity contribution in [3.05, 3.63) is 53.1 Å². The third-order valence-electron chi connectivity index (χ3n) is 2.89. The Labute approximate surface area is 125 Å². The summed E-state index contributed by atoms with van der Waals surface area (Å²) < 4.78 is 31.8. The van der Waals surface area contributed by atoms with Crippen molar-refractivity contribution in [2.45, 2.75) is 11.4 Å². The van der Waals surface area contributed by atoms with E-state index in [1.54, 1.807) is 36.4 Å². The minimum absolute atomic E-state index is 0.0308. The zero-order valence-corrected chi connectivity index (χ0v) is 12.2. The minimum atomic E-state index is -3.72. The fraction of sp³-hybridized carbons (Fsp3) is 0.0769. The van der Waals surface area contributed by atoms with Gasteiger partial charge in [0, 0.05) is 11.6 Å². The van der Waals surface area contributed by atoms with Gasteiger partial charge in [0.1, 0.15) is 10.4 Å². The Kier molecular flexibility index (Phi) is 3.62. The van der Waals surface area contributed by atoms with Crippen molar-refractivity contribution in [3.63, 3.8) is 0 Å². The van der Waals surface area contributed by atoms with Crippen LogP contribution >= 0.6 is 11.6 Å². The predicted octanol–water partition coefficient (Wildman–Crippen LogP) is 2.35. The van der Waals surface area contributed by atoms with Crippen LogP contribution in [0.4, 0.5) is 0 Å². The Morgan fingerprint density at radius 1 is 1.14 bits per heavy atom. The second-order valence-electron chi connectivity index (χ2n) is 4.34. The number of sulfonamides is 1. The van der Waals surface area contributed by atoms with Gasteiger partial charge in [-0.3, -0.25) is 0 Å². The number of rotatable bonds is 4. The van der Waals surface area contributed by atoms with Gasteiger partial charge in [-0.1, -0.05) is 29.8 Å². The molecule has 0 fully saturated rings. The van der Waals surface area contributed by atoms with E-state index in [4.69, 9.17) is 11.6 Å². The maximum absolute atomic E-state index is 12.3. The van der Waals surface area contributed by atoms with E-state index in [0.29, 0.717) is 10.5 Å². The summed E-state index contributed by atoms with van der Waals surface area (Å²) in [6, 6.07) is 11.6. The van der Waals surface area contributed by atoms with E-state index < -0.39 is 10.0 Å². The molecule has 0 saturated carbocycles. The van der Waals surface area contributed by atoms with Crippen molar-refractivity contribution in [2.75, 3.05) is 0 Å². The standard InChI is InChI=1S/C13H10ClN3O3S/c14-10-4-1-3-9(7-10)8-15-21(18,19)12-6-2-5-11-13(12)17-20-16-11/h1-7,15H,8H2. The van der Waals surface area contributed by atoms with Gasteiger partial charge in [0.05, 0.1) is 0 Å². The largest absolute Gasteiger partial charge is 0.243 e. The summed E-state index contributed by atoms with van der Waals surface area (Å²) in [7, 11) is -3.72. The zero-order chi connectivity index (χ0) is 14.9. The van der Waals surface area contributed by atoms with Crippen LogP contribution in [-0.2, 0) is 16.6 Å². The van der Waals surface area contributed by atoms with E-state index in [1.807, 2.05) is 0 Å². The lowest BCUT2D eigenvalue weighted by Crippen LogP contribution is -2.23. The molecule has 0 amide bonds. The van der Waals surface area contributed by atoms with Crippen LogP contribution in [0.2, 0.25) is 5.02 Å². The van der Waals surface area contributed by atoms with Crippen LogP contribution in [0.15, 0.2) is 52.0 Å². The second kappa shape index (κ2) is 5.44. The Morgan fingerprint density at radius 2 is 1.95 bits per heavy atom. The van der Waals surface area contributed by atoms with Crippen molar-refractivity contribution in [3.8, 4) is 0 Å². The molecule has 0 saturated heterocycles. The molecule has 2 aromatic carbocycles. The molecule has 8 heteroatoms. The molecule has 3 aromatic rings. The van der Waals surface area contributed by atoms with Gasteiger partial charge in [0.2, 0.25) is 10.0 Å². The van der Waals surface area contributed by atoms with Crippen molar-refractivity contribution >= 4 is 32.7 Å². The number of halogens is 1. The molecule has 1 heterocycles. The molecule has 108 valence electrons. The summed E-state index contributed by atoms with van der Waals surface area (Å²) in [5, 5.41) is 7.81. The van der Waals surface area contributed by atoms with Gasteiger partial charge in [0.15, 0.2) is 5.52 Å². The maximum Gasteiger partial charge on any atom is 0.243 e. The SMILES string of the molecule is O=S(=O)(NCc1cccc(Cl)c1)c1cccc2nonc12. The fourth-order valence-corrected chi connectivity index (χ4v) is 3.28. The third-order valence-corrected chi connectivity index (χ3v) is 4.56.